The van der Waals surface area contributed by atoms with Crippen LogP contribution >= 0.6 is 0 Å². The number of nitrogens with one attached hydrogen (secondary N) is 2. The fourth-order valence-electron chi connectivity index (χ4n) is 1.32. The second-order valence-corrected chi connectivity index (χ2v) is 5.18. The highest BCUT2D eigenvalue weighted by Crippen LogP contribution is 2.22. The Morgan fingerprint density at radius 2 is 2.00 bits per heavy atom. The fourth-order valence-corrected chi connectivity index (χ4v) is 1.32. The van der Waals surface area contributed by atoms with E-state index in [4.69, 9.17) is 0 Å². The summed E-state index contributed by atoms with van der Waals surface area (Å²) in [4.78, 5) is 11.6. The number of anilines is 1. The molecule has 0 saturated carbocycles. The summed E-state index contributed by atoms with van der Waals surface area (Å²) in [5, 5.41) is 5.42. The molecule has 20 heavy (non-hydrogen) atoms. The molecule has 112 valence electrons. The molecule has 1 aromatic rings. The first-order chi connectivity index (χ1) is 9.17. The molecular formula is C13H17F3N2O2. The topological polar surface area (TPSA) is 50.4 Å². The first-order valence-corrected chi connectivity index (χ1v) is 5.96. The molecule has 0 spiro atoms. The van der Waals surface area contributed by atoms with Gasteiger partial charge in [-0.1, -0.05) is 0 Å². The monoisotopic (exact) mass is 290 g/mol. The van der Waals surface area contributed by atoms with Gasteiger partial charge in [0.15, 0.2) is 11.6 Å². The largest absolute Gasteiger partial charge is 0.432 e. The van der Waals surface area contributed by atoms with Crippen molar-refractivity contribution in [2.24, 2.45) is 0 Å². The van der Waals surface area contributed by atoms with Crippen LogP contribution in [0.25, 0.3) is 0 Å². The van der Waals surface area contributed by atoms with Crippen molar-refractivity contribution in [1.29, 1.82) is 0 Å². The Kier molecular flexibility index (Phi) is 5.38. The van der Waals surface area contributed by atoms with Crippen LogP contribution in [-0.4, -0.2) is 24.6 Å². The lowest BCUT2D eigenvalue weighted by Crippen LogP contribution is -2.41. The smallest absolute Gasteiger partial charge is 0.387 e. The normalized spacial score (nSPS) is 11.6. The van der Waals surface area contributed by atoms with Crippen molar-refractivity contribution in [2.45, 2.75) is 32.9 Å². The van der Waals surface area contributed by atoms with Gasteiger partial charge in [-0.3, -0.25) is 4.79 Å². The second kappa shape index (κ2) is 6.60. The van der Waals surface area contributed by atoms with Gasteiger partial charge in [-0.05, 0) is 32.9 Å². The summed E-state index contributed by atoms with van der Waals surface area (Å²) in [6, 6.07) is 3.25. The minimum absolute atomic E-state index is 0.0560. The van der Waals surface area contributed by atoms with Crippen LogP contribution in [0.3, 0.4) is 0 Å². The molecule has 0 fully saturated rings. The predicted molar refractivity (Wildman–Crippen MR) is 69.4 cm³/mol. The SMILES string of the molecule is CC(C)(C)NCC(=O)Nc1ccc(OC(F)F)c(F)c1. The summed E-state index contributed by atoms with van der Waals surface area (Å²) in [6.45, 7) is 2.66. The van der Waals surface area contributed by atoms with Crippen LogP contribution in [0.1, 0.15) is 20.8 Å². The lowest BCUT2D eigenvalue weighted by molar-refractivity contribution is -0.115. The van der Waals surface area contributed by atoms with Crippen LogP contribution in [0.4, 0.5) is 18.9 Å². The third kappa shape index (κ3) is 5.92. The van der Waals surface area contributed by atoms with Gasteiger partial charge < -0.3 is 15.4 Å². The molecule has 0 atom stereocenters. The van der Waals surface area contributed by atoms with E-state index in [2.05, 4.69) is 15.4 Å². The van der Waals surface area contributed by atoms with Crippen LogP contribution in [0.2, 0.25) is 0 Å². The van der Waals surface area contributed by atoms with Gasteiger partial charge in [0.05, 0.1) is 6.54 Å². The number of rotatable bonds is 5. The molecule has 0 aliphatic heterocycles. The maximum Gasteiger partial charge on any atom is 0.387 e. The molecule has 1 rings (SSSR count). The van der Waals surface area contributed by atoms with Crippen molar-refractivity contribution < 1.29 is 22.7 Å². The van der Waals surface area contributed by atoms with Crippen molar-refractivity contribution in [3.05, 3.63) is 24.0 Å². The average molecular weight is 290 g/mol. The summed E-state index contributed by atoms with van der Waals surface area (Å²) in [5.74, 6) is -1.89. The first-order valence-electron chi connectivity index (χ1n) is 5.96. The number of ether oxygens (including phenoxy) is 1. The van der Waals surface area contributed by atoms with Crippen LogP contribution in [0.5, 0.6) is 5.75 Å². The van der Waals surface area contributed by atoms with E-state index in [1.165, 1.54) is 6.07 Å². The van der Waals surface area contributed by atoms with Crippen LogP contribution in [0.15, 0.2) is 18.2 Å². The van der Waals surface area contributed by atoms with Gasteiger partial charge in [-0.25, -0.2) is 4.39 Å². The Balaban J connectivity index is 2.60. The number of alkyl halides is 2. The number of carbonyl (C=O) groups is 1. The minimum atomic E-state index is -3.10. The van der Waals surface area contributed by atoms with Gasteiger partial charge in [0.1, 0.15) is 0 Å². The molecule has 0 saturated heterocycles. The van der Waals surface area contributed by atoms with E-state index < -0.39 is 18.2 Å². The molecule has 0 aromatic heterocycles. The highest BCUT2D eigenvalue weighted by atomic mass is 19.3. The lowest BCUT2D eigenvalue weighted by atomic mass is 10.1. The minimum Gasteiger partial charge on any atom is -0.432 e. The van der Waals surface area contributed by atoms with Crippen LogP contribution in [0, 0.1) is 5.82 Å². The Hall–Kier alpha value is -1.76. The maximum atomic E-state index is 13.4. The van der Waals surface area contributed by atoms with Gasteiger partial charge in [-0.15, -0.1) is 0 Å². The molecule has 0 aliphatic carbocycles. The first kappa shape index (κ1) is 16.3. The molecule has 7 heteroatoms. The van der Waals surface area contributed by atoms with E-state index in [1.807, 2.05) is 20.8 Å². The molecule has 0 aliphatic rings. The quantitative estimate of drug-likeness (QED) is 0.876. The van der Waals surface area contributed by atoms with Gasteiger partial charge in [0, 0.05) is 17.3 Å². The molecule has 2 N–H and O–H groups in total. The number of amides is 1. The van der Waals surface area contributed by atoms with Gasteiger partial charge in [0.2, 0.25) is 5.91 Å². The fraction of sp³-hybridized carbons (Fsp3) is 0.462. The Morgan fingerprint density at radius 3 is 2.50 bits per heavy atom. The van der Waals surface area contributed by atoms with E-state index in [1.54, 1.807) is 0 Å². The highest BCUT2D eigenvalue weighted by molar-refractivity contribution is 5.92. The number of hydrogen-bond donors (Lipinski definition) is 2. The zero-order valence-electron chi connectivity index (χ0n) is 11.5. The van der Waals surface area contributed by atoms with Crippen molar-refractivity contribution in [3.63, 3.8) is 0 Å². The molecule has 0 unspecified atom stereocenters. The van der Waals surface area contributed by atoms with E-state index in [-0.39, 0.29) is 23.7 Å². The number of carbonyl (C=O) groups excluding carboxylic acids is 1. The number of hydrogen-bond acceptors (Lipinski definition) is 3. The Morgan fingerprint density at radius 1 is 1.35 bits per heavy atom. The van der Waals surface area contributed by atoms with E-state index in [0.717, 1.165) is 12.1 Å². The van der Waals surface area contributed by atoms with E-state index >= 15 is 0 Å². The number of halogens is 3. The molecule has 0 heterocycles. The van der Waals surface area contributed by atoms with Gasteiger partial charge in [0.25, 0.3) is 0 Å². The van der Waals surface area contributed by atoms with Crippen LogP contribution < -0.4 is 15.4 Å². The molecular weight excluding hydrogens is 273 g/mol. The Bertz CT molecular complexity index is 473. The third-order valence-electron chi connectivity index (χ3n) is 2.21. The molecule has 0 radical (unpaired) electrons. The van der Waals surface area contributed by atoms with Crippen molar-refractivity contribution in [2.75, 3.05) is 11.9 Å². The zero-order valence-corrected chi connectivity index (χ0v) is 11.5. The average Bonchev–Trinajstić information content (AvgIpc) is 2.29. The van der Waals surface area contributed by atoms with Crippen molar-refractivity contribution >= 4 is 11.6 Å². The molecule has 4 nitrogen and oxygen atoms in total. The number of benzene rings is 1. The van der Waals surface area contributed by atoms with Crippen LogP contribution in [-0.2, 0) is 4.79 Å². The summed E-state index contributed by atoms with van der Waals surface area (Å²) in [6.07, 6.45) is 0. The van der Waals surface area contributed by atoms with Crippen molar-refractivity contribution in [3.8, 4) is 5.75 Å². The lowest BCUT2D eigenvalue weighted by Gasteiger charge is -2.20. The molecule has 1 aromatic carbocycles. The summed E-state index contributed by atoms with van der Waals surface area (Å²) in [5.41, 5.74) is -0.0535. The summed E-state index contributed by atoms with van der Waals surface area (Å²) < 4.78 is 41.3. The summed E-state index contributed by atoms with van der Waals surface area (Å²) in [7, 11) is 0. The molecule has 0 bridgehead atoms. The maximum absolute atomic E-state index is 13.4. The summed E-state index contributed by atoms with van der Waals surface area (Å²) >= 11 is 0. The van der Waals surface area contributed by atoms with E-state index in [0.29, 0.717) is 0 Å². The Labute approximate surface area is 115 Å². The van der Waals surface area contributed by atoms with Gasteiger partial charge >= 0.3 is 6.61 Å². The highest BCUT2D eigenvalue weighted by Gasteiger charge is 2.13. The van der Waals surface area contributed by atoms with Gasteiger partial charge in [-0.2, -0.15) is 8.78 Å². The predicted octanol–water partition coefficient (Wildman–Crippen LogP) is 2.75. The van der Waals surface area contributed by atoms with E-state index in [9.17, 15) is 18.0 Å². The molecule has 1 amide bonds. The second-order valence-electron chi connectivity index (χ2n) is 5.18. The third-order valence-corrected chi connectivity index (χ3v) is 2.21. The standard InChI is InChI=1S/C13H17F3N2O2/c1-13(2,3)17-7-11(19)18-8-4-5-10(9(14)6-8)20-12(15)16/h4-6,12,17H,7H2,1-3H3,(H,18,19). The van der Waals surface area contributed by atoms with Crippen molar-refractivity contribution in [1.82, 2.24) is 5.32 Å². The zero-order chi connectivity index (χ0) is 15.3.